The van der Waals surface area contributed by atoms with Crippen molar-refractivity contribution in [3.63, 3.8) is 0 Å². The molecule has 2 aliphatic rings. The second-order valence-electron chi connectivity index (χ2n) is 6.40. The van der Waals surface area contributed by atoms with Crippen molar-refractivity contribution in [3.05, 3.63) is 35.4 Å². The molecule has 0 spiro atoms. The smallest absolute Gasteiger partial charge is 0.00120 e. The fraction of sp³-hybridized carbons (Fsp3) is 0.667. The Morgan fingerprint density at radius 2 is 1.79 bits per heavy atom. The molecule has 1 saturated heterocycles. The maximum absolute atomic E-state index is 3.63. The fourth-order valence-electron chi connectivity index (χ4n) is 4.18. The van der Waals surface area contributed by atoms with Crippen molar-refractivity contribution in [3.8, 4) is 0 Å². The van der Waals surface area contributed by atoms with Gasteiger partial charge in [0.2, 0.25) is 0 Å². The van der Waals surface area contributed by atoms with Gasteiger partial charge in [-0.15, -0.1) is 0 Å². The normalized spacial score (nSPS) is 28.7. The Labute approximate surface area is 117 Å². The van der Waals surface area contributed by atoms with Gasteiger partial charge < -0.3 is 5.32 Å². The zero-order chi connectivity index (χ0) is 13.1. The zero-order valence-electron chi connectivity index (χ0n) is 12.2. The Morgan fingerprint density at radius 3 is 2.47 bits per heavy atom. The SMILES string of the molecule is CCc1ccc(C2CCNCC2C2CCCC2)cc1. The van der Waals surface area contributed by atoms with Crippen molar-refractivity contribution in [2.75, 3.05) is 13.1 Å². The van der Waals surface area contributed by atoms with Crippen LogP contribution in [0.2, 0.25) is 0 Å². The first-order chi connectivity index (χ1) is 9.38. The average Bonchev–Trinajstić information content (AvgIpc) is 3.01. The zero-order valence-corrected chi connectivity index (χ0v) is 12.2. The van der Waals surface area contributed by atoms with E-state index in [-0.39, 0.29) is 0 Å². The molecule has 0 radical (unpaired) electrons. The molecule has 1 N–H and O–H groups in total. The first kappa shape index (κ1) is 13.2. The quantitative estimate of drug-likeness (QED) is 0.858. The summed E-state index contributed by atoms with van der Waals surface area (Å²) in [6, 6.07) is 9.47. The molecule has 2 atom stereocenters. The number of hydrogen-bond acceptors (Lipinski definition) is 1. The molecule has 1 aromatic rings. The highest BCUT2D eigenvalue weighted by Gasteiger charge is 2.33. The van der Waals surface area contributed by atoms with Crippen molar-refractivity contribution in [1.29, 1.82) is 0 Å². The second kappa shape index (κ2) is 6.09. The van der Waals surface area contributed by atoms with Crippen molar-refractivity contribution < 1.29 is 0 Å². The number of rotatable bonds is 3. The van der Waals surface area contributed by atoms with Crippen LogP contribution in [0.25, 0.3) is 0 Å². The molecule has 0 aromatic heterocycles. The third kappa shape index (κ3) is 2.86. The van der Waals surface area contributed by atoms with Crippen LogP contribution in [-0.4, -0.2) is 13.1 Å². The van der Waals surface area contributed by atoms with Crippen LogP contribution in [0.3, 0.4) is 0 Å². The van der Waals surface area contributed by atoms with Crippen LogP contribution in [0, 0.1) is 11.8 Å². The Hall–Kier alpha value is -0.820. The lowest BCUT2D eigenvalue weighted by molar-refractivity contribution is 0.231. The number of aryl methyl sites for hydroxylation is 1. The lowest BCUT2D eigenvalue weighted by Crippen LogP contribution is -2.38. The highest BCUT2D eigenvalue weighted by molar-refractivity contribution is 5.26. The monoisotopic (exact) mass is 257 g/mol. The van der Waals surface area contributed by atoms with Crippen molar-refractivity contribution in [2.24, 2.45) is 11.8 Å². The van der Waals surface area contributed by atoms with Crippen LogP contribution >= 0.6 is 0 Å². The topological polar surface area (TPSA) is 12.0 Å². The minimum atomic E-state index is 0.801. The summed E-state index contributed by atoms with van der Waals surface area (Å²) in [5.74, 6) is 2.66. The maximum atomic E-state index is 3.63. The van der Waals surface area contributed by atoms with Gasteiger partial charge in [0.1, 0.15) is 0 Å². The van der Waals surface area contributed by atoms with Gasteiger partial charge in [-0.05, 0) is 54.8 Å². The summed E-state index contributed by atoms with van der Waals surface area (Å²) >= 11 is 0. The van der Waals surface area contributed by atoms with Crippen LogP contribution in [0.15, 0.2) is 24.3 Å². The lowest BCUT2D eigenvalue weighted by atomic mass is 9.73. The first-order valence-corrected chi connectivity index (χ1v) is 8.18. The predicted octanol–water partition coefficient (Wildman–Crippen LogP) is 4.13. The van der Waals surface area contributed by atoms with Crippen LogP contribution in [0.4, 0.5) is 0 Å². The molecule has 1 heterocycles. The molecule has 1 aliphatic carbocycles. The summed E-state index contributed by atoms with van der Waals surface area (Å²) in [7, 11) is 0. The Kier molecular flexibility index (Phi) is 4.22. The van der Waals surface area contributed by atoms with Crippen LogP contribution in [0.5, 0.6) is 0 Å². The molecular formula is C18H27N. The Balaban J connectivity index is 1.78. The van der Waals surface area contributed by atoms with E-state index in [0.717, 1.165) is 24.2 Å². The summed E-state index contributed by atoms with van der Waals surface area (Å²) in [5.41, 5.74) is 3.06. The van der Waals surface area contributed by atoms with Gasteiger partial charge in [-0.25, -0.2) is 0 Å². The summed E-state index contributed by atoms with van der Waals surface area (Å²) in [5, 5.41) is 3.63. The molecule has 2 unspecified atom stereocenters. The van der Waals surface area contributed by atoms with Gasteiger partial charge in [0.25, 0.3) is 0 Å². The average molecular weight is 257 g/mol. The molecule has 1 saturated carbocycles. The van der Waals surface area contributed by atoms with Crippen LogP contribution < -0.4 is 5.32 Å². The molecule has 3 rings (SSSR count). The number of nitrogens with one attached hydrogen (secondary N) is 1. The lowest BCUT2D eigenvalue weighted by Gasteiger charge is -2.36. The van der Waals surface area contributed by atoms with E-state index in [4.69, 9.17) is 0 Å². The number of hydrogen-bond donors (Lipinski definition) is 1. The van der Waals surface area contributed by atoms with Crippen molar-refractivity contribution >= 4 is 0 Å². The standard InChI is InChI=1S/C18H27N/c1-2-14-7-9-16(10-8-14)17-11-12-19-13-18(17)15-5-3-4-6-15/h7-10,15,17-19H,2-6,11-13H2,1H3. The summed E-state index contributed by atoms with van der Waals surface area (Å²) in [4.78, 5) is 0. The van der Waals surface area contributed by atoms with E-state index in [9.17, 15) is 0 Å². The van der Waals surface area contributed by atoms with Gasteiger partial charge >= 0.3 is 0 Å². The molecule has 0 bridgehead atoms. The minimum absolute atomic E-state index is 0.801. The predicted molar refractivity (Wildman–Crippen MR) is 81.5 cm³/mol. The minimum Gasteiger partial charge on any atom is -0.316 e. The van der Waals surface area contributed by atoms with Crippen LogP contribution in [0.1, 0.15) is 56.1 Å². The largest absolute Gasteiger partial charge is 0.316 e. The summed E-state index contributed by atoms with van der Waals surface area (Å²) in [6.45, 7) is 4.68. The third-order valence-electron chi connectivity index (χ3n) is 5.35. The van der Waals surface area contributed by atoms with Gasteiger partial charge in [-0.1, -0.05) is 56.9 Å². The highest BCUT2D eigenvalue weighted by atomic mass is 14.9. The molecule has 0 amide bonds. The van der Waals surface area contributed by atoms with E-state index >= 15 is 0 Å². The first-order valence-electron chi connectivity index (χ1n) is 8.18. The molecule has 1 heteroatoms. The molecule has 1 nitrogen and oxygen atoms in total. The van der Waals surface area contributed by atoms with E-state index < -0.39 is 0 Å². The van der Waals surface area contributed by atoms with Gasteiger partial charge in [0, 0.05) is 0 Å². The number of benzene rings is 1. The number of piperidine rings is 1. The molecule has 2 fully saturated rings. The fourth-order valence-corrected chi connectivity index (χ4v) is 4.18. The van der Waals surface area contributed by atoms with Crippen LogP contribution in [-0.2, 0) is 6.42 Å². The second-order valence-corrected chi connectivity index (χ2v) is 6.40. The van der Waals surface area contributed by atoms with E-state index in [1.807, 2.05) is 0 Å². The Bertz CT molecular complexity index is 389. The van der Waals surface area contributed by atoms with Gasteiger partial charge in [0.15, 0.2) is 0 Å². The summed E-state index contributed by atoms with van der Waals surface area (Å²) < 4.78 is 0. The van der Waals surface area contributed by atoms with Gasteiger partial charge in [-0.2, -0.15) is 0 Å². The third-order valence-corrected chi connectivity index (χ3v) is 5.35. The molecule has 1 aliphatic heterocycles. The highest BCUT2D eigenvalue weighted by Crippen LogP contribution is 2.41. The van der Waals surface area contributed by atoms with Gasteiger partial charge in [-0.3, -0.25) is 0 Å². The van der Waals surface area contributed by atoms with E-state index in [1.165, 1.54) is 50.8 Å². The van der Waals surface area contributed by atoms with E-state index in [1.54, 1.807) is 5.56 Å². The molecule has 1 aromatic carbocycles. The van der Waals surface area contributed by atoms with E-state index in [0.29, 0.717) is 0 Å². The molecular weight excluding hydrogens is 230 g/mol. The summed E-state index contributed by atoms with van der Waals surface area (Å²) in [6.07, 6.45) is 8.34. The molecule has 104 valence electrons. The molecule has 19 heavy (non-hydrogen) atoms. The van der Waals surface area contributed by atoms with Crippen molar-refractivity contribution in [1.82, 2.24) is 5.32 Å². The Morgan fingerprint density at radius 1 is 1.05 bits per heavy atom. The maximum Gasteiger partial charge on any atom is -0.00120 e. The van der Waals surface area contributed by atoms with Crippen molar-refractivity contribution in [2.45, 2.75) is 51.4 Å². The van der Waals surface area contributed by atoms with E-state index in [2.05, 4.69) is 36.5 Å². The van der Waals surface area contributed by atoms with Gasteiger partial charge in [0.05, 0.1) is 0 Å².